The summed E-state index contributed by atoms with van der Waals surface area (Å²) in [5.41, 5.74) is 3.10. The van der Waals surface area contributed by atoms with Crippen LogP contribution in [0, 0.1) is 6.92 Å². The second kappa shape index (κ2) is 6.80. The van der Waals surface area contributed by atoms with Crippen molar-refractivity contribution in [2.24, 2.45) is 7.05 Å². The first-order valence-electron chi connectivity index (χ1n) is 8.41. The largest absolute Gasteiger partial charge is 0.462 e. The number of benzene rings is 1. The second-order valence-electron chi connectivity index (χ2n) is 6.24. The molecule has 0 spiro atoms. The standard InChI is InChI=1S/C20H19N3O2S/c1-13-18(26-20(22-13)17-8-5-9-25-17)11-21-19(24)10-14-12-23(2)16-7-4-3-6-15(14)16/h3-9,12H,10-11H2,1-2H3,(H,21,24). The van der Waals surface area contributed by atoms with E-state index in [4.69, 9.17) is 4.42 Å². The molecule has 3 heterocycles. The third-order valence-corrected chi connectivity index (χ3v) is 5.57. The molecule has 6 heteroatoms. The third-order valence-electron chi connectivity index (χ3n) is 4.40. The summed E-state index contributed by atoms with van der Waals surface area (Å²) >= 11 is 1.55. The molecule has 0 unspecified atom stereocenters. The van der Waals surface area contributed by atoms with Gasteiger partial charge in [-0.05, 0) is 30.7 Å². The van der Waals surface area contributed by atoms with Crippen LogP contribution in [0.5, 0.6) is 0 Å². The second-order valence-corrected chi connectivity index (χ2v) is 7.32. The van der Waals surface area contributed by atoms with Gasteiger partial charge in [0.2, 0.25) is 5.91 Å². The molecule has 26 heavy (non-hydrogen) atoms. The van der Waals surface area contributed by atoms with E-state index in [1.807, 2.05) is 44.4 Å². The number of nitrogens with zero attached hydrogens (tertiary/aromatic N) is 2. The van der Waals surface area contributed by atoms with Crippen molar-refractivity contribution in [2.75, 3.05) is 0 Å². The molecule has 4 rings (SSSR count). The van der Waals surface area contributed by atoms with Gasteiger partial charge in [0.1, 0.15) is 0 Å². The van der Waals surface area contributed by atoms with Crippen LogP contribution in [0.15, 0.2) is 53.3 Å². The van der Waals surface area contributed by atoms with Gasteiger partial charge in [-0.15, -0.1) is 11.3 Å². The van der Waals surface area contributed by atoms with Crippen molar-refractivity contribution in [1.82, 2.24) is 14.9 Å². The van der Waals surface area contributed by atoms with Gasteiger partial charge in [-0.1, -0.05) is 18.2 Å². The number of nitrogens with one attached hydrogen (secondary N) is 1. The van der Waals surface area contributed by atoms with E-state index in [0.29, 0.717) is 13.0 Å². The molecule has 0 radical (unpaired) electrons. The molecule has 0 bridgehead atoms. The first-order chi connectivity index (χ1) is 12.6. The Morgan fingerprint density at radius 1 is 1.27 bits per heavy atom. The van der Waals surface area contributed by atoms with Crippen LogP contribution in [0.1, 0.15) is 16.1 Å². The number of hydrogen-bond acceptors (Lipinski definition) is 4. The van der Waals surface area contributed by atoms with Crippen LogP contribution in [0.4, 0.5) is 0 Å². The van der Waals surface area contributed by atoms with E-state index in [2.05, 4.69) is 27.0 Å². The van der Waals surface area contributed by atoms with Crippen molar-refractivity contribution in [1.29, 1.82) is 0 Å². The molecule has 0 fully saturated rings. The van der Waals surface area contributed by atoms with Crippen molar-refractivity contribution < 1.29 is 9.21 Å². The maximum Gasteiger partial charge on any atom is 0.224 e. The smallest absolute Gasteiger partial charge is 0.224 e. The molecular weight excluding hydrogens is 346 g/mol. The molecule has 0 atom stereocenters. The number of carbonyl (C=O) groups excluding carboxylic acids is 1. The fourth-order valence-electron chi connectivity index (χ4n) is 3.08. The number of rotatable bonds is 5. The molecule has 132 valence electrons. The lowest BCUT2D eigenvalue weighted by molar-refractivity contribution is -0.120. The van der Waals surface area contributed by atoms with Gasteiger partial charge in [-0.3, -0.25) is 4.79 Å². The number of para-hydroxylation sites is 1. The molecular formula is C20H19N3O2S. The highest BCUT2D eigenvalue weighted by Gasteiger charge is 2.14. The fourth-order valence-corrected chi connectivity index (χ4v) is 4.05. The van der Waals surface area contributed by atoms with Gasteiger partial charge in [0.25, 0.3) is 0 Å². The van der Waals surface area contributed by atoms with Crippen LogP contribution < -0.4 is 5.32 Å². The highest BCUT2D eigenvalue weighted by Crippen LogP contribution is 2.28. The van der Waals surface area contributed by atoms with Crippen LogP contribution >= 0.6 is 11.3 Å². The Balaban J connectivity index is 1.44. The van der Waals surface area contributed by atoms with Crippen LogP contribution in [0.2, 0.25) is 0 Å². The Hall–Kier alpha value is -2.86. The molecule has 1 aromatic carbocycles. The van der Waals surface area contributed by atoms with E-state index in [9.17, 15) is 4.79 Å². The number of fused-ring (bicyclic) bond motifs is 1. The summed E-state index contributed by atoms with van der Waals surface area (Å²) in [4.78, 5) is 18.0. The van der Waals surface area contributed by atoms with E-state index in [1.54, 1.807) is 17.6 Å². The van der Waals surface area contributed by atoms with Crippen LogP contribution in [0.25, 0.3) is 21.7 Å². The van der Waals surface area contributed by atoms with Crippen LogP contribution in [-0.4, -0.2) is 15.5 Å². The predicted molar refractivity (Wildman–Crippen MR) is 103 cm³/mol. The minimum absolute atomic E-state index is 0.00806. The van der Waals surface area contributed by atoms with Gasteiger partial charge in [0.05, 0.1) is 24.9 Å². The van der Waals surface area contributed by atoms with Crippen molar-refractivity contribution >= 4 is 28.1 Å². The van der Waals surface area contributed by atoms with Crippen LogP contribution in [-0.2, 0) is 24.8 Å². The topological polar surface area (TPSA) is 60.1 Å². The molecule has 0 aliphatic carbocycles. The summed E-state index contributed by atoms with van der Waals surface area (Å²) in [7, 11) is 2.00. The van der Waals surface area contributed by atoms with E-state index < -0.39 is 0 Å². The first-order valence-corrected chi connectivity index (χ1v) is 9.23. The summed E-state index contributed by atoms with van der Waals surface area (Å²) in [6, 6.07) is 11.9. The summed E-state index contributed by atoms with van der Waals surface area (Å²) in [6.07, 6.45) is 4.03. The van der Waals surface area contributed by atoms with Gasteiger partial charge >= 0.3 is 0 Å². The van der Waals surface area contributed by atoms with Crippen molar-refractivity contribution in [3.63, 3.8) is 0 Å². The molecule has 0 saturated heterocycles. The maximum atomic E-state index is 12.4. The summed E-state index contributed by atoms with van der Waals surface area (Å²) < 4.78 is 7.45. The summed E-state index contributed by atoms with van der Waals surface area (Å²) in [5.74, 6) is 0.764. The highest BCUT2D eigenvalue weighted by atomic mass is 32.1. The van der Waals surface area contributed by atoms with Crippen molar-refractivity contribution in [2.45, 2.75) is 19.9 Å². The average Bonchev–Trinajstić information content (AvgIpc) is 3.34. The highest BCUT2D eigenvalue weighted by molar-refractivity contribution is 7.15. The summed E-state index contributed by atoms with van der Waals surface area (Å²) in [5, 5.41) is 4.98. The van der Waals surface area contributed by atoms with Gasteiger partial charge in [-0.25, -0.2) is 4.98 Å². The molecule has 1 N–H and O–H groups in total. The van der Waals surface area contributed by atoms with E-state index in [1.165, 1.54) is 0 Å². The number of aromatic nitrogens is 2. The quantitative estimate of drug-likeness (QED) is 0.580. The molecule has 4 aromatic rings. The minimum atomic E-state index is 0.00806. The van der Waals surface area contributed by atoms with E-state index >= 15 is 0 Å². The number of thiazole rings is 1. The predicted octanol–water partition coefficient (Wildman–Crippen LogP) is 4.06. The lowest BCUT2D eigenvalue weighted by atomic mass is 10.1. The zero-order valence-electron chi connectivity index (χ0n) is 14.7. The molecule has 5 nitrogen and oxygen atoms in total. The zero-order valence-corrected chi connectivity index (χ0v) is 15.5. The average molecular weight is 365 g/mol. The van der Waals surface area contributed by atoms with Crippen molar-refractivity contribution in [3.05, 3.63) is 65.0 Å². The van der Waals surface area contributed by atoms with Crippen LogP contribution in [0.3, 0.4) is 0 Å². The molecule has 0 aliphatic rings. The number of hydrogen-bond donors (Lipinski definition) is 1. The van der Waals surface area contributed by atoms with Gasteiger partial charge in [0, 0.05) is 29.0 Å². The molecule has 1 amide bonds. The Morgan fingerprint density at radius 2 is 2.12 bits per heavy atom. The number of aryl methyl sites for hydroxylation is 2. The third kappa shape index (κ3) is 3.15. The van der Waals surface area contributed by atoms with Gasteiger partial charge in [-0.2, -0.15) is 0 Å². The van der Waals surface area contributed by atoms with E-state index in [-0.39, 0.29) is 5.91 Å². The monoisotopic (exact) mass is 365 g/mol. The normalized spacial score (nSPS) is 11.2. The fraction of sp³-hybridized carbons (Fsp3) is 0.200. The van der Waals surface area contributed by atoms with Gasteiger partial charge < -0.3 is 14.3 Å². The first kappa shape index (κ1) is 16.6. The number of carbonyl (C=O) groups is 1. The Morgan fingerprint density at radius 3 is 2.92 bits per heavy atom. The molecule has 0 aliphatic heterocycles. The SMILES string of the molecule is Cc1nc(-c2ccco2)sc1CNC(=O)Cc1cn(C)c2ccccc12. The lowest BCUT2D eigenvalue weighted by Crippen LogP contribution is -2.24. The number of furan rings is 1. The van der Waals surface area contributed by atoms with Crippen molar-refractivity contribution in [3.8, 4) is 10.8 Å². The lowest BCUT2D eigenvalue weighted by Gasteiger charge is -2.03. The summed E-state index contributed by atoms with van der Waals surface area (Å²) in [6.45, 7) is 2.43. The van der Waals surface area contributed by atoms with Gasteiger partial charge in [0.15, 0.2) is 10.8 Å². The molecule has 0 saturated carbocycles. The zero-order chi connectivity index (χ0) is 18.1. The maximum absolute atomic E-state index is 12.4. The molecule has 3 aromatic heterocycles. The Kier molecular flexibility index (Phi) is 4.34. The Labute approximate surface area is 155 Å². The van der Waals surface area contributed by atoms with E-state index in [0.717, 1.165) is 37.8 Å². The minimum Gasteiger partial charge on any atom is -0.462 e. The number of amides is 1. The Bertz CT molecular complexity index is 1060.